The number of anilines is 1. The van der Waals surface area contributed by atoms with E-state index in [1.807, 2.05) is 0 Å². The number of rotatable bonds is 0. The van der Waals surface area contributed by atoms with Gasteiger partial charge in [0.1, 0.15) is 0 Å². The van der Waals surface area contributed by atoms with E-state index < -0.39 is 0 Å². The van der Waals surface area contributed by atoms with Gasteiger partial charge in [0.25, 0.3) is 0 Å². The van der Waals surface area contributed by atoms with Gasteiger partial charge in [-0.05, 0) is 0 Å². The molecule has 2 nitrogen and oxygen atoms in total. The number of halogens is 2. The molecule has 10 heavy (non-hydrogen) atoms. The van der Waals surface area contributed by atoms with Crippen molar-refractivity contribution < 1.29 is 0 Å². The summed E-state index contributed by atoms with van der Waals surface area (Å²) in [5.41, 5.74) is 5.99. The van der Waals surface area contributed by atoms with Gasteiger partial charge in [0.2, 0.25) is 0 Å². The van der Waals surface area contributed by atoms with Crippen LogP contribution in [0.4, 0.5) is 5.69 Å². The van der Waals surface area contributed by atoms with Crippen LogP contribution in [-0.4, -0.2) is 32.9 Å². The molecule has 0 spiro atoms. The van der Waals surface area contributed by atoms with Gasteiger partial charge < -0.3 is 0 Å². The summed E-state index contributed by atoms with van der Waals surface area (Å²) < 4.78 is 0.798. The molecule has 0 amide bonds. The van der Waals surface area contributed by atoms with Crippen LogP contribution in [0.2, 0.25) is 10.2 Å². The third kappa shape index (κ3) is 1.77. The van der Waals surface area contributed by atoms with Crippen molar-refractivity contribution in [1.82, 2.24) is 4.98 Å². The third-order valence-corrected chi connectivity index (χ3v) is 2.85. The van der Waals surface area contributed by atoms with E-state index in [0.717, 1.165) is 30.9 Å². The van der Waals surface area contributed by atoms with E-state index in [1.54, 1.807) is 6.07 Å². The number of aromatic nitrogens is 1. The van der Waals surface area contributed by atoms with Gasteiger partial charge in [-0.15, -0.1) is 0 Å². The zero-order valence-electron chi connectivity index (χ0n) is 5.36. The molecule has 0 bridgehead atoms. The molecule has 0 atom stereocenters. The van der Waals surface area contributed by atoms with Crippen LogP contribution >= 0.6 is 23.2 Å². The van der Waals surface area contributed by atoms with E-state index in [9.17, 15) is 0 Å². The molecule has 0 saturated heterocycles. The topological polar surface area (TPSA) is 38.9 Å². The summed E-state index contributed by atoms with van der Waals surface area (Å²) >= 11 is 12.1. The number of nitrogen functional groups attached to an aromatic ring is 1. The summed E-state index contributed by atoms with van der Waals surface area (Å²) in [4.78, 5) is 3.95. The van der Waals surface area contributed by atoms with Crippen molar-refractivity contribution in [1.29, 1.82) is 0 Å². The average molecular weight is 185 g/mol. The summed E-state index contributed by atoms with van der Waals surface area (Å²) in [5, 5.41) is 0.947. The molecule has 2 N–H and O–H groups in total. The van der Waals surface area contributed by atoms with Gasteiger partial charge in [0.05, 0.1) is 0 Å². The Morgan fingerprint density at radius 2 is 2.10 bits per heavy atom. The molecule has 0 aromatic carbocycles. The number of hydrogen-bond donors (Lipinski definition) is 1. The second-order valence-corrected chi connectivity index (χ2v) is 3.65. The van der Waals surface area contributed by atoms with Gasteiger partial charge in [-0.1, -0.05) is 0 Å². The first-order valence-corrected chi connectivity index (χ1v) is 4.45. The Balaban J connectivity index is 3.31. The number of nitrogens with two attached hydrogens (primary N) is 1. The van der Waals surface area contributed by atoms with Crippen molar-refractivity contribution >= 4 is 59.8 Å². The molecule has 0 aliphatic rings. The molecule has 0 aliphatic heterocycles. The molecule has 0 radical (unpaired) electrons. The van der Waals surface area contributed by atoms with Crippen LogP contribution < -0.4 is 8.68 Å². The van der Waals surface area contributed by atoms with Crippen LogP contribution in [0, 0.1) is 0 Å². The Labute approximate surface area is 86.1 Å². The minimum atomic E-state index is 0.409. The van der Waals surface area contributed by atoms with Crippen molar-refractivity contribution in [2.45, 2.75) is 0 Å². The summed E-state index contributed by atoms with van der Waals surface area (Å²) in [5.74, 6) is 0. The van der Waals surface area contributed by atoms with E-state index in [4.69, 9.17) is 28.9 Å². The Kier molecular flexibility index (Phi) is 2.83. The van der Waals surface area contributed by atoms with Crippen LogP contribution in [0.3, 0.4) is 0 Å². The van der Waals surface area contributed by atoms with Crippen molar-refractivity contribution in [3.8, 4) is 0 Å². The standard InChI is InChI=1S/C5H3Cl2N2.Na/c6-3-2-9-5(7)1-4(3)8;/h1H,(H2,8,9);. The number of nitrogens with zero attached hydrogens (tertiary/aromatic N) is 1. The van der Waals surface area contributed by atoms with Crippen LogP contribution in [0.15, 0.2) is 6.07 Å². The molecule has 1 rings (SSSR count). The van der Waals surface area contributed by atoms with E-state index in [0.29, 0.717) is 15.9 Å². The predicted octanol–water partition coefficient (Wildman–Crippen LogP) is 0.764. The zero-order chi connectivity index (χ0) is 7.72. The second-order valence-electron chi connectivity index (χ2n) is 1.93. The Hall–Kier alpha value is 0.530. The normalized spacial score (nSPS) is 10.0. The van der Waals surface area contributed by atoms with Crippen LogP contribution in [0.5, 0.6) is 0 Å². The van der Waals surface area contributed by atoms with Crippen molar-refractivity contribution in [3.63, 3.8) is 0 Å². The fourth-order valence-corrected chi connectivity index (χ4v) is 1.65. The number of hydrogen-bond acceptors (Lipinski definition) is 2. The molecule has 1 aromatic rings. The van der Waals surface area contributed by atoms with Gasteiger partial charge in [0.15, 0.2) is 0 Å². The maximum atomic E-state index is 5.74. The molecular weight excluding hydrogens is 182 g/mol. The summed E-state index contributed by atoms with van der Waals surface area (Å²) in [6, 6.07) is 1.55. The molecule has 5 heteroatoms. The van der Waals surface area contributed by atoms with E-state index >= 15 is 0 Å². The molecule has 48 valence electrons. The second kappa shape index (κ2) is 3.28. The Morgan fingerprint density at radius 3 is 2.60 bits per heavy atom. The van der Waals surface area contributed by atoms with Gasteiger partial charge in [0, 0.05) is 0 Å². The summed E-state index contributed by atoms with van der Waals surface area (Å²) in [6.07, 6.45) is 0. The van der Waals surface area contributed by atoms with Gasteiger partial charge in [-0.2, -0.15) is 0 Å². The van der Waals surface area contributed by atoms with Crippen LogP contribution in [-0.2, 0) is 0 Å². The quantitative estimate of drug-likeness (QED) is 0.478. The first-order chi connectivity index (χ1) is 4.61. The summed E-state index contributed by atoms with van der Waals surface area (Å²) in [6.45, 7) is 0. The first-order valence-electron chi connectivity index (χ1n) is 2.69. The molecule has 0 saturated carbocycles. The van der Waals surface area contributed by atoms with Crippen LogP contribution in [0.25, 0.3) is 0 Å². The fourth-order valence-electron chi connectivity index (χ4n) is 0.642. The van der Waals surface area contributed by atoms with Crippen molar-refractivity contribution in [3.05, 3.63) is 16.2 Å². The number of pyridine rings is 1. The first kappa shape index (κ1) is 8.62. The molecule has 0 aliphatic carbocycles. The average Bonchev–Trinajstić information content (AvgIpc) is 1.82. The maximum absolute atomic E-state index is 5.74. The van der Waals surface area contributed by atoms with E-state index in [2.05, 4.69) is 4.98 Å². The molecule has 0 unspecified atom stereocenters. The van der Waals surface area contributed by atoms with Gasteiger partial charge >= 0.3 is 86.7 Å². The monoisotopic (exact) mass is 184 g/mol. The molecule has 1 heterocycles. The Bertz CT molecular complexity index is 241. The van der Waals surface area contributed by atoms with Crippen LogP contribution in [0.1, 0.15) is 0 Å². The Morgan fingerprint density at radius 1 is 1.50 bits per heavy atom. The molecular formula is C5H3Cl2N2Na. The van der Waals surface area contributed by atoms with Gasteiger partial charge in [-0.25, -0.2) is 0 Å². The molecule has 1 aromatic heterocycles. The SMILES string of the molecule is Nc1cc(Cl)n[c]([Na])c1Cl. The predicted molar refractivity (Wildman–Crippen MR) is 44.1 cm³/mol. The minimum absolute atomic E-state index is 0.409. The summed E-state index contributed by atoms with van der Waals surface area (Å²) in [7, 11) is 0. The van der Waals surface area contributed by atoms with Crippen molar-refractivity contribution in [2.24, 2.45) is 0 Å². The van der Waals surface area contributed by atoms with Crippen molar-refractivity contribution in [2.75, 3.05) is 5.73 Å². The third-order valence-electron chi connectivity index (χ3n) is 1.12. The van der Waals surface area contributed by atoms with E-state index in [-0.39, 0.29) is 0 Å². The van der Waals surface area contributed by atoms with Gasteiger partial charge in [-0.3, -0.25) is 0 Å². The fraction of sp³-hybridized carbons (Fsp3) is 0. The van der Waals surface area contributed by atoms with E-state index in [1.165, 1.54) is 0 Å². The zero-order valence-corrected chi connectivity index (χ0v) is 8.87. The molecule has 0 fully saturated rings.